The van der Waals surface area contributed by atoms with Crippen molar-refractivity contribution >= 4 is 5.91 Å². The molecule has 0 saturated carbocycles. The Hall–Kier alpha value is -2.29. The lowest BCUT2D eigenvalue weighted by atomic mass is 9.87. The van der Waals surface area contributed by atoms with E-state index in [0.717, 1.165) is 24.8 Å². The summed E-state index contributed by atoms with van der Waals surface area (Å²) in [4.78, 5) is 12.4. The first-order chi connectivity index (χ1) is 10.1. The van der Waals surface area contributed by atoms with E-state index in [-0.39, 0.29) is 17.7 Å². The van der Waals surface area contributed by atoms with Gasteiger partial charge in [0.1, 0.15) is 5.75 Å². The standard InChI is InChI=1S/C18H19NO2/c1-12-9-10-14(11-17(12)20)18(21)19-16-8-4-6-13-5-2-3-7-15(13)16/h2-3,5,7,9-11,16,20H,4,6,8H2,1H3,(H,19,21). The molecule has 1 aliphatic rings. The van der Waals surface area contributed by atoms with Crippen LogP contribution in [0.3, 0.4) is 0 Å². The molecule has 21 heavy (non-hydrogen) atoms. The third-order valence-corrected chi connectivity index (χ3v) is 4.15. The molecule has 3 rings (SSSR count). The summed E-state index contributed by atoms with van der Waals surface area (Å²) in [5.41, 5.74) is 3.81. The van der Waals surface area contributed by atoms with Crippen LogP contribution >= 0.6 is 0 Å². The number of aryl methyl sites for hydroxylation is 2. The Labute approximate surface area is 124 Å². The van der Waals surface area contributed by atoms with E-state index in [1.54, 1.807) is 12.1 Å². The van der Waals surface area contributed by atoms with Gasteiger partial charge in [0.15, 0.2) is 0 Å². The molecule has 2 aromatic rings. The Morgan fingerprint density at radius 1 is 1.24 bits per heavy atom. The van der Waals surface area contributed by atoms with E-state index in [9.17, 15) is 9.90 Å². The van der Waals surface area contributed by atoms with Crippen LogP contribution in [0, 0.1) is 6.92 Å². The molecule has 0 heterocycles. The molecule has 1 amide bonds. The van der Waals surface area contributed by atoms with Gasteiger partial charge < -0.3 is 10.4 Å². The van der Waals surface area contributed by atoms with Crippen molar-refractivity contribution in [1.29, 1.82) is 0 Å². The third kappa shape index (κ3) is 2.77. The highest BCUT2D eigenvalue weighted by atomic mass is 16.3. The van der Waals surface area contributed by atoms with Gasteiger partial charge in [0.2, 0.25) is 0 Å². The van der Waals surface area contributed by atoms with Gasteiger partial charge in [-0.3, -0.25) is 4.79 Å². The highest BCUT2D eigenvalue weighted by Crippen LogP contribution is 2.29. The first-order valence-corrected chi connectivity index (χ1v) is 7.33. The molecule has 1 atom stereocenters. The summed E-state index contributed by atoms with van der Waals surface area (Å²) < 4.78 is 0. The van der Waals surface area contributed by atoms with Gasteiger partial charge >= 0.3 is 0 Å². The maximum absolute atomic E-state index is 12.4. The molecule has 0 spiro atoms. The SMILES string of the molecule is Cc1ccc(C(=O)NC2CCCc3ccccc32)cc1O. The Balaban J connectivity index is 1.81. The number of carbonyl (C=O) groups excluding carboxylic acids is 1. The van der Waals surface area contributed by atoms with Gasteiger partial charge in [-0.05, 0) is 55.0 Å². The number of aromatic hydroxyl groups is 1. The quantitative estimate of drug-likeness (QED) is 0.885. The van der Waals surface area contributed by atoms with E-state index in [1.807, 2.05) is 19.1 Å². The van der Waals surface area contributed by atoms with Crippen LogP contribution in [0.25, 0.3) is 0 Å². The van der Waals surface area contributed by atoms with Gasteiger partial charge in [0, 0.05) is 5.56 Å². The molecule has 108 valence electrons. The fraction of sp³-hybridized carbons (Fsp3) is 0.278. The van der Waals surface area contributed by atoms with E-state index in [0.29, 0.717) is 5.56 Å². The highest BCUT2D eigenvalue weighted by Gasteiger charge is 2.22. The van der Waals surface area contributed by atoms with Gasteiger partial charge in [-0.15, -0.1) is 0 Å². The van der Waals surface area contributed by atoms with E-state index in [1.165, 1.54) is 17.2 Å². The number of rotatable bonds is 2. The predicted molar refractivity (Wildman–Crippen MR) is 82.4 cm³/mol. The van der Waals surface area contributed by atoms with Crippen molar-refractivity contribution in [2.45, 2.75) is 32.2 Å². The molecule has 1 unspecified atom stereocenters. The minimum Gasteiger partial charge on any atom is -0.508 e. The van der Waals surface area contributed by atoms with Crippen LogP contribution in [0.4, 0.5) is 0 Å². The number of amides is 1. The van der Waals surface area contributed by atoms with Crippen molar-refractivity contribution in [3.05, 3.63) is 64.7 Å². The van der Waals surface area contributed by atoms with Crippen molar-refractivity contribution in [2.24, 2.45) is 0 Å². The van der Waals surface area contributed by atoms with Crippen molar-refractivity contribution in [1.82, 2.24) is 5.32 Å². The molecule has 0 fully saturated rings. The minimum absolute atomic E-state index is 0.0610. The molecule has 0 bridgehead atoms. The number of phenolic OH excluding ortho intramolecular Hbond substituents is 1. The van der Waals surface area contributed by atoms with Gasteiger partial charge in [-0.25, -0.2) is 0 Å². The van der Waals surface area contributed by atoms with Gasteiger partial charge in [-0.2, -0.15) is 0 Å². The van der Waals surface area contributed by atoms with Crippen LogP contribution in [0.15, 0.2) is 42.5 Å². The summed E-state index contributed by atoms with van der Waals surface area (Å²) in [6.07, 6.45) is 3.12. The van der Waals surface area contributed by atoms with Crippen LogP contribution in [0.5, 0.6) is 5.75 Å². The molecule has 0 radical (unpaired) electrons. The average molecular weight is 281 g/mol. The number of benzene rings is 2. The molecule has 0 aromatic heterocycles. The Morgan fingerprint density at radius 3 is 2.86 bits per heavy atom. The fourth-order valence-electron chi connectivity index (χ4n) is 2.90. The molecule has 1 aliphatic carbocycles. The lowest BCUT2D eigenvalue weighted by molar-refractivity contribution is 0.0932. The fourth-order valence-corrected chi connectivity index (χ4v) is 2.90. The van der Waals surface area contributed by atoms with Gasteiger partial charge in [0.05, 0.1) is 6.04 Å². The minimum atomic E-state index is -0.132. The highest BCUT2D eigenvalue weighted by molar-refractivity contribution is 5.95. The molecule has 2 aromatic carbocycles. The molecular formula is C18H19NO2. The second-order valence-electron chi connectivity index (χ2n) is 5.62. The molecule has 3 nitrogen and oxygen atoms in total. The Bertz CT molecular complexity index is 679. The van der Waals surface area contributed by atoms with E-state index in [2.05, 4.69) is 17.4 Å². The number of fused-ring (bicyclic) bond motifs is 1. The molecule has 0 saturated heterocycles. The molecule has 3 heteroatoms. The van der Waals surface area contributed by atoms with Crippen molar-refractivity contribution in [2.75, 3.05) is 0 Å². The Morgan fingerprint density at radius 2 is 2.05 bits per heavy atom. The molecular weight excluding hydrogens is 262 g/mol. The molecule has 2 N–H and O–H groups in total. The lowest BCUT2D eigenvalue weighted by Gasteiger charge is -2.26. The van der Waals surface area contributed by atoms with Crippen LogP contribution in [-0.4, -0.2) is 11.0 Å². The zero-order valence-electron chi connectivity index (χ0n) is 12.1. The maximum Gasteiger partial charge on any atom is 0.251 e. The van der Waals surface area contributed by atoms with Crippen molar-refractivity contribution in [3.63, 3.8) is 0 Å². The average Bonchev–Trinajstić information content (AvgIpc) is 2.50. The van der Waals surface area contributed by atoms with E-state index < -0.39 is 0 Å². The second kappa shape index (κ2) is 5.60. The topological polar surface area (TPSA) is 49.3 Å². The predicted octanol–water partition coefficient (Wildman–Crippen LogP) is 3.51. The van der Waals surface area contributed by atoms with Gasteiger partial charge in [-0.1, -0.05) is 30.3 Å². The largest absolute Gasteiger partial charge is 0.508 e. The Kier molecular flexibility index (Phi) is 3.65. The van der Waals surface area contributed by atoms with E-state index in [4.69, 9.17) is 0 Å². The summed E-state index contributed by atoms with van der Waals surface area (Å²) in [7, 11) is 0. The first-order valence-electron chi connectivity index (χ1n) is 7.33. The number of nitrogens with one attached hydrogen (secondary N) is 1. The number of phenols is 1. The first kappa shape index (κ1) is 13.7. The van der Waals surface area contributed by atoms with E-state index >= 15 is 0 Å². The summed E-state index contributed by atoms with van der Waals surface area (Å²) >= 11 is 0. The summed E-state index contributed by atoms with van der Waals surface area (Å²) in [6, 6.07) is 13.4. The zero-order chi connectivity index (χ0) is 14.8. The lowest BCUT2D eigenvalue weighted by Crippen LogP contribution is -2.30. The zero-order valence-corrected chi connectivity index (χ0v) is 12.1. The summed E-state index contributed by atoms with van der Waals surface area (Å²) in [5, 5.41) is 12.8. The smallest absolute Gasteiger partial charge is 0.251 e. The monoisotopic (exact) mass is 281 g/mol. The van der Waals surface area contributed by atoms with Crippen LogP contribution < -0.4 is 5.32 Å². The number of carbonyl (C=O) groups is 1. The maximum atomic E-state index is 12.4. The van der Waals surface area contributed by atoms with Crippen LogP contribution in [0.2, 0.25) is 0 Å². The summed E-state index contributed by atoms with van der Waals surface area (Å²) in [6.45, 7) is 1.81. The molecule has 0 aliphatic heterocycles. The van der Waals surface area contributed by atoms with Crippen LogP contribution in [-0.2, 0) is 6.42 Å². The second-order valence-corrected chi connectivity index (χ2v) is 5.62. The number of hydrogen-bond donors (Lipinski definition) is 2. The summed E-state index contributed by atoms with van der Waals surface area (Å²) in [5.74, 6) is 0.0266. The number of hydrogen-bond acceptors (Lipinski definition) is 2. The third-order valence-electron chi connectivity index (χ3n) is 4.15. The van der Waals surface area contributed by atoms with Crippen molar-refractivity contribution < 1.29 is 9.90 Å². The van der Waals surface area contributed by atoms with Crippen LogP contribution in [0.1, 0.15) is 45.9 Å². The van der Waals surface area contributed by atoms with Gasteiger partial charge in [0.25, 0.3) is 5.91 Å². The van der Waals surface area contributed by atoms with Crippen molar-refractivity contribution in [3.8, 4) is 5.75 Å². The normalized spacial score (nSPS) is 17.1.